The Morgan fingerprint density at radius 1 is 1.00 bits per heavy atom. The number of hydrogen-bond acceptors (Lipinski definition) is 4. The number of nitrogens with zero attached hydrogens (tertiary/aromatic N) is 1. The van der Waals surface area contributed by atoms with E-state index in [4.69, 9.17) is 16.6 Å². The molecule has 5 heteroatoms. The Kier molecular flexibility index (Phi) is 5.23. The van der Waals surface area contributed by atoms with Crippen molar-refractivity contribution in [2.75, 3.05) is 18.4 Å². The molecule has 2 N–H and O–H groups in total. The van der Waals surface area contributed by atoms with E-state index in [1.54, 1.807) is 11.3 Å². The molecule has 29 heavy (non-hydrogen) atoms. The van der Waals surface area contributed by atoms with E-state index in [0.717, 1.165) is 53.7 Å². The summed E-state index contributed by atoms with van der Waals surface area (Å²) in [5.41, 5.74) is 7.29. The van der Waals surface area contributed by atoms with Crippen LogP contribution in [0.4, 0.5) is 5.69 Å². The molecule has 2 heterocycles. The molecule has 0 radical (unpaired) electrons. The number of benzene rings is 3. The lowest BCUT2D eigenvalue weighted by atomic mass is 10.0. The summed E-state index contributed by atoms with van der Waals surface area (Å²) in [5, 5.41) is 8.95. The second-order valence-corrected chi connectivity index (χ2v) is 8.79. The highest BCUT2D eigenvalue weighted by atomic mass is 35.5. The number of aromatic nitrogens is 1. The van der Waals surface area contributed by atoms with Crippen molar-refractivity contribution in [2.24, 2.45) is 0 Å². The van der Waals surface area contributed by atoms with E-state index >= 15 is 0 Å². The van der Waals surface area contributed by atoms with E-state index in [1.165, 1.54) is 27.0 Å². The summed E-state index contributed by atoms with van der Waals surface area (Å²) in [6, 6.07) is 21.1. The van der Waals surface area contributed by atoms with Crippen molar-refractivity contribution >= 4 is 38.8 Å². The van der Waals surface area contributed by atoms with Gasteiger partial charge in [-0.25, -0.2) is 4.98 Å². The first kappa shape index (κ1) is 18.6. The van der Waals surface area contributed by atoms with Gasteiger partial charge < -0.3 is 10.6 Å². The van der Waals surface area contributed by atoms with Crippen molar-refractivity contribution in [3.05, 3.63) is 82.4 Å². The minimum absolute atomic E-state index is 0.748. The minimum atomic E-state index is 0.748. The summed E-state index contributed by atoms with van der Waals surface area (Å²) >= 11 is 8.30. The van der Waals surface area contributed by atoms with Gasteiger partial charge in [-0.05, 0) is 60.8 Å². The molecule has 4 aromatic rings. The Hall–Kier alpha value is -2.40. The summed E-state index contributed by atoms with van der Waals surface area (Å²) in [6.45, 7) is 2.77. The first-order valence-electron chi connectivity index (χ1n) is 9.98. The van der Waals surface area contributed by atoms with Crippen LogP contribution >= 0.6 is 22.9 Å². The largest absolute Gasteiger partial charge is 0.380 e. The summed E-state index contributed by atoms with van der Waals surface area (Å²) < 4.78 is 1.21. The molecule has 5 rings (SSSR count). The zero-order valence-electron chi connectivity index (χ0n) is 16.0. The van der Waals surface area contributed by atoms with Crippen LogP contribution in [0.3, 0.4) is 0 Å². The summed E-state index contributed by atoms with van der Waals surface area (Å²) in [4.78, 5) is 4.79. The van der Waals surface area contributed by atoms with Crippen LogP contribution < -0.4 is 10.6 Å². The first-order chi connectivity index (χ1) is 14.3. The van der Waals surface area contributed by atoms with E-state index in [0.29, 0.717) is 0 Å². The van der Waals surface area contributed by atoms with E-state index in [2.05, 4.69) is 59.2 Å². The second-order valence-electron chi connectivity index (χ2n) is 7.35. The number of anilines is 1. The van der Waals surface area contributed by atoms with Crippen LogP contribution in [0.2, 0.25) is 5.02 Å². The summed E-state index contributed by atoms with van der Waals surface area (Å²) in [5.74, 6) is 0. The van der Waals surface area contributed by atoms with Gasteiger partial charge in [-0.2, -0.15) is 0 Å². The Labute approximate surface area is 179 Å². The van der Waals surface area contributed by atoms with Gasteiger partial charge in [0.05, 0.1) is 20.9 Å². The highest BCUT2D eigenvalue weighted by molar-refractivity contribution is 7.21. The Bertz CT molecular complexity index is 1150. The van der Waals surface area contributed by atoms with Crippen molar-refractivity contribution in [3.63, 3.8) is 0 Å². The Morgan fingerprint density at radius 2 is 1.86 bits per heavy atom. The quantitative estimate of drug-likeness (QED) is 0.431. The maximum atomic E-state index is 6.56. The fraction of sp³-hybridized carbons (Fsp3) is 0.208. The van der Waals surface area contributed by atoms with Gasteiger partial charge in [-0.1, -0.05) is 54.1 Å². The maximum absolute atomic E-state index is 6.56. The molecule has 0 aliphatic carbocycles. The van der Waals surface area contributed by atoms with Crippen molar-refractivity contribution in [1.29, 1.82) is 0 Å². The van der Waals surface area contributed by atoms with Gasteiger partial charge in [-0.3, -0.25) is 0 Å². The highest BCUT2D eigenvalue weighted by Crippen LogP contribution is 2.33. The second kappa shape index (κ2) is 8.15. The predicted octanol–water partition coefficient (Wildman–Crippen LogP) is 5.92. The van der Waals surface area contributed by atoms with Crippen molar-refractivity contribution in [3.8, 4) is 10.6 Å². The van der Waals surface area contributed by atoms with Crippen LogP contribution in [-0.2, 0) is 19.4 Å². The standard InChI is InChI=1S/C24H22ClN3S/c25-20-8-7-17-10-12-26-13-11-19(17)23(20)27-15-16-6-9-21-22(14-16)29-24(28-21)18-4-2-1-3-5-18/h1-9,14,26-27H,10-13,15H2. The molecule has 0 saturated heterocycles. The van der Waals surface area contributed by atoms with Gasteiger partial charge in [-0.15, -0.1) is 11.3 Å². The van der Waals surface area contributed by atoms with Gasteiger partial charge in [0.15, 0.2) is 0 Å². The number of rotatable bonds is 4. The molecule has 1 aliphatic heterocycles. The lowest BCUT2D eigenvalue weighted by molar-refractivity contribution is 0.711. The van der Waals surface area contributed by atoms with Crippen LogP contribution in [0.25, 0.3) is 20.8 Å². The van der Waals surface area contributed by atoms with Crippen LogP contribution in [0.5, 0.6) is 0 Å². The molecular weight excluding hydrogens is 398 g/mol. The first-order valence-corrected chi connectivity index (χ1v) is 11.2. The molecule has 3 nitrogen and oxygen atoms in total. The van der Waals surface area contributed by atoms with Gasteiger partial charge in [0.1, 0.15) is 5.01 Å². The smallest absolute Gasteiger partial charge is 0.124 e. The number of halogens is 1. The lowest BCUT2D eigenvalue weighted by Gasteiger charge is -2.16. The van der Waals surface area contributed by atoms with Crippen molar-refractivity contribution in [1.82, 2.24) is 10.3 Å². The minimum Gasteiger partial charge on any atom is -0.380 e. The lowest BCUT2D eigenvalue weighted by Crippen LogP contribution is -2.16. The van der Waals surface area contributed by atoms with Gasteiger partial charge in [0, 0.05) is 12.1 Å². The number of nitrogens with one attached hydrogen (secondary N) is 2. The molecule has 3 aromatic carbocycles. The van der Waals surface area contributed by atoms with E-state index in [9.17, 15) is 0 Å². The van der Waals surface area contributed by atoms with Gasteiger partial charge in [0.2, 0.25) is 0 Å². The molecule has 0 bridgehead atoms. The molecule has 0 amide bonds. The van der Waals surface area contributed by atoms with E-state index < -0.39 is 0 Å². The molecule has 0 spiro atoms. The number of hydrogen-bond donors (Lipinski definition) is 2. The average molecular weight is 420 g/mol. The number of thiazole rings is 1. The monoisotopic (exact) mass is 419 g/mol. The molecule has 1 aliphatic rings. The molecule has 0 fully saturated rings. The molecule has 146 valence electrons. The zero-order valence-corrected chi connectivity index (χ0v) is 17.6. The third-order valence-electron chi connectivity index (χ3n) is 5.42. The highest BCUT2D eigenvalue weighted by Gasteiger charge is 2.15. The normalized spacial score (nSPS) is 13.8. The third-order valence-corrected chi connectivity index (χ3v) is 6.81. The van der Waals surface area contributed by atoms with Crippen LogP contribution in [0.1, 0.15) is 16.7 Å². The third kappa shape index (κ3) is 3.88. The fourth-order valence-electron chi connectivity index (χ4n) is 3.91. The maximum Gasteiger partial charge on any atom is 0.124 e. The summed E-state index contributed by atoms with van der Waals surface area (Å²) in [6.07, 6.45) is 2.06. The van der Waals surface area contributed by atoms with Crippen LogP contribution in [-0.4, -0.2) is 18.1 Å². The van der Waals surface area contributed by atoms with Gasteiger partial charge in [0.25, 0.3) is 0 Å². The van der Waals surface area contributed by atoms with Crippen LogP contribution in [0, 0.1) is 0 Å². The molecular formula is C24H22ClN3S. The molecule has 0 saturated carbocycles. The number of fused-ring (bicyclic) bond motifs is 2. The van der Waals surface area contributed by atoms with Crippen molar-refractivity contribution < 1.29 is 0 Å². The van der Waals surface area contributed by atoms with E-state index in [1.807, 2.05) is 12.1 Å². The molecule has 1 aromatic heterocycles. The Balaban J connectivity index is 1.40. The van der Waals surface area contributed by atoms with Crippen molar-refractivity contribution in [2.45, 2.75) is 19.4 Å². The SMILES string of the molecule is Clc1ccc2c(c1NCc1ccc3nc(-c4ccccc4)sc3c1)CCNCC2. The molecule has 0 atom stereocenters. The average Bonchev–Trinajstić information content (AvgIpc) is 3.03. The van der Waals surface area contributed by atoms with Gasteiger partial charge >= 0.3 is 0 Å². The van der Waals surface area contributed by atoms with E-state index in [-0.39, 0.29) is 0 Å². The van der Waals surface area contributed by atoms with Crippen LogP contribution in [0.15, 0.2) is 60.7 Å². The molecule has 0 unspecified atom stereocenters. The zero-order chi connectivity index (χ0) is 19.6. The fourth-order valence-corrected chi connectivity index (χ4v) is 5.19. The summed E-state index contributed by atoms with van der Waals surface area (Å²) in [7, 11) is 0. The predicted molar refractivity (Wildman–Crippen MR) is 124 cm³/mol. The Morgan fingerprint density at radius 3 is 2.76 bits per heavy atom. The topological polar surface area (TPSA) is 37.0 Å².